The molecule has 0 aliphatic rings. The molecule has 0 radical (unpaired) electrons. The maximum Gasteiger partial charge on any atom is 0.337 e. The van der Waals surface area contributed by atoms with Gasteiger partial charge >= 0.3 is 5.97 Å². The Morgan fingerprint density at radius 2 is 1.66 bits per heavy atom. The number of carbonyl (C=O) groups is 2. The number of nitrogens with one attached hydrogen (secondary N) is 1. The first kappa shape index (κ1) is 23.8. The van der Waals surface area contributed by atoms with Gasteiger partial charge in [0.25, 0.3) is 5.91 Å². The fourth-order valence-electron chi connectivity index (χ4n) is 3.87. The van der Waals surface area contributed by atoms with Gasteiger partial charge in [-0.15, -0.1) is 0 Å². The molecule has 0 spiro atoms. The van der Waals surface area contributed by atoms with Crippen LogP contribution < -0.4 is 14.8 Å². The minimum atomic E-state index is -0.474. The van der Waals surface area contributed by atoms with Crippen LogP contribution in [-0.2, 0) is 4.74 Å². The number of ether oxygens (including phenoxy) is 3. The van der Waals surface area contributed by atoms with E-state index in [2.05, 4.69) is 5.32 Å². The minimum Gasteiger partial charge on any atom is -0.497 e. The summed E-state index contributed by atoms with van der Waals surface area (Å²) in [5.74, 6) is 0.458. The van der Waals surface area contributed by atoms with Crippen molar-refractivity contribution in [1.82, 2.24) is 4.98 Å². The van der Waals surface area contributed by atoms with Crippen LogP contribution in [0.1, 0.15) is 31.8 Å². The second-order valence-electron chi connectivity index (χ2n) is 8.12. The van der Waals surface area contributed by atoms with Gasteiger partial charge in [-0.25, -0.2) is 9.78 Å². The molecule has 0 saturated carbocycles. The van der Waals surface area contributed by atoms with Gasteiger partial charge in [-0.3, -0.25) is 4.79 Å². The number of anilines is 1. The number of esters is 1. The zero-order chi connectivity index (χ0) is 25.1. The fraction of sp³-hybridized carbons (Fsp3) is 0.179. The number of aryl methyl sites for hydroxylation is 2. The van der Waals surface area contributed by atoms with Gasteiger partial charge in [0.2, 0.25) is 0 Å². The molecule has 0 aliphatic heterocycles. The number of nitrogens with zero attached hydrogens (tertiary/aromatic N) is 1. The lowest BCUT2D eigenvalue weighted by Crippen LogP contribution is -2.15. The molecule has 0 unspecified atom stereocenters. The molecule has 7 nitrogen and oxygen atoms in total. The Morgan fingerprint density at radius 1 is 0.857 bits per heavy atom. The predicted molar refractivity (Wildman–Crippen MR) is 135 cm³/mol. The lowest BCUT2D eigenvalue weighted by Gasteiger charge is -2.15. The van der Waals surface area contributed by atoms with Gasteiger partial charge in [0.05, 0.1) is 43.7 Å². The van der Waals surface area contributed by atoms with Crippen molar-refractivity contribution in [3.63, 3.8) is 0 Å². The molecule has 4 rings (SSSR count). The van der Waals surface area contributed by atoms with Crippen molar-refractivity contribution < 1.29 is 23.8 Å². The Labute approximate surface area is 203 Å². The molecule has 35 heavy (non-hydrogen) atoms. The molecular weight excluding hydrogens is 444 g/mol. The van der Waals surface area contributed by atoms with E-state index in [1.54, 1.807) is 50.6 Å². The van der Waals surface area contributed by atoms with E-state index in [9.17, 15) is 9.59 Å². The minimum absolute atomic E-state index is 0.323. The van der Waals surface area contributed by atoms with Gasteiger partial charge in [0.1, 0.15) is 11.5 Å². The van der Waals surface area contributed by atoms with E-state index in [1.807, 2.05) is 38.1 Å². The highest BCUT2D eigenvalue weighted by atomic mass is 16.5. The molecule has 3 aromatic carbocycles. The van der Waals surface area contributed by atoms with E-state index in [0.717, 1.165) is 16.5 Å². The third-order valence-corrected chi connectivity index (χ3v) is 5.80. The van der Waals surface area contributed by atoms with Crippen molar-refractivity contribution in [1.29, 1.82) is 0 Å². The number of amides is 1. The van der Waals surface area contributed by atoms with Gasteiger partial charge in [0.15, 0.2) is 0 Å². The largest absolute Gasteiger partial charge is 0.497 e. The molecule has 7 heteroatoms. The van der Waals surface area contributed by atoms with Crippen LogP contribution in [0.15, 0.2) is 60.7 Å². The number of aromatic nitrogens is 1. The summed E-state index contributed by atoms with van der Waals surface area (Å²) in [6.45, 7) is 3.82. The highest BCUT2D eigenvalue weighted by molar-refractivity contribution is 6.13. The summed E-state index contributed by atoms with van der Waals surface area (Å²) in [5.41, 5.74) is 5.08. The summed E-state index contributed by atoms with van der Waals surface area (Å²) >= 11 is 0. The summed E-state index contributed by atoms with van der Waals surface area (Å²) in [4.78, 5) is 30.4. The van der Waals surface area contributed by atoms with Crippen molar-refractivity contribution in [2.24, 2.45) is 0 Å². The van der Waals surface area contributed by atoms with E-state index in [1.165, 1.54) is 7.11 Å². The Morgan fingerprint density at radius 3 is 2.37 bits per heavy atom. The van der Waals surface area contributed by atoms with Crippen LogP contribution in [0.4, 0.5) is 5.69 Å². The first-order valence-electron chi connectivity index (χ1n) is 11.0. The number of hydrogen-bond donors (Lipinski definition) is 1. The van der Waals surface area contributed by atoms with Crippen LogP contribution in [0.2, 0.25) is 0 Å². The zero-order valence-electron chi connectivity index (χ0n) is 20.3. The first-order chi connectivity index (χ1) is 16.8. The van der Waals surface area contributed by atoms with E-state index in [0.29, 0.717) is 45.1 Å². The molecule has 1 aromatic heterocycles. The number of pyridine rings is 1. The summed E-state index contributed by atoms with van der Waals surface area (Å²) in [5, 5.41) is 3.67. The Kier molecular flexibility index (Phi) is 6.68. The fourth-order valence-corrected chi connectivity index (χ4v) is 3.87. The maximum atomic E-state index is 13.6. The number of benzene rings is 3. The van der Waals surface area contributed by atoms with E-state index in [4.69, 9.17) is 19.2 Å². The van der Waals surface area contributed by atoms with Gasteiger partial charge in [-0.1, -0.05) is 17.7 Å². The zero-order valence-corrected chi connectivity index (χ0v) is 20.3. The molecule has 1 amide bonds. The molecular formula is C28H26N2O5. The summed E-state index contributed by atoms with van der Waals surface area (Å²) < 4.78 is 15.8. The Hall–Kier alpha value is -4.39. The quantitative estimate of drug-likeness (QED) is 0.371. The summed E-state index contributed by atoms with van der Waals surface area (Å²) in [6.07, 6.45) is 0. The van der Waals surface area contributed by atoms with Crippen molar-refractivity contribution >= 4 is 28.5 Å². The molecule has 0 fully saturated rings. The van der Waals surface area contributed by atoms with Crippen molar-refractivity contribution in [3.05, 3.63) is 82.9 Å². The van der Waals surface area contributed by atoms with Gasteiger partial charge < -0.3 is 19.5 Å². The monoisotopic (exact) mass is 470 g/mol. The average Bonchev–Trinajstić information content (AvgIpc) is 2.88. The molecule has 1 heterocycles. The van der Waals surface area contributed by atoms with E-state index < -0.39 is 5.97 Å². The molecule has 1 N–H and O–H groups in total. The van der Waals surface area contributed by atoms with Crippen molar-refractivity contribution in [2.45, 2.75) is 13.8 Å². The van der Waals surface area contributed by atoms with E-state index in [-0.39, 0.29) is 5.91 Å². The normalized spacial score (nSPS) is 10.7. The SMILES string of the molecule is COC(=O)c1ccc(C)c(NC(=O)c2cc(-c3cc(OC)ccc3OC)nc3ccc(C)cc23)c1. The maximum absolute atomic E-state index is 13.6. The van der Waals surface area contributed by atoms with Crippen LogP contribution in [-0.4, -0.2) is 38.2 Å². The van der Waals surface area contributed by atoms with Gasteiger partial charge in [-0.05, 0) is 67.9 Å². The molecule has 4 aromatic rings. The highest BCUT2D eigenvalue weighted by Crippen LogP contribution is 2.35. The highest BCUT2D eigenvalue weighted by Gasteiger charge is 2.18. The van der Waals surface area contributed by atoms with Crippen LogP contribution in [0.3, 0.4) is 0 Å². The van der Waals surface area contributed by atoms with Crippen molar-refractivity contribution in [2.75, 3.05) is 26.6 Å². The summed E-state index contributed by atoms with van der Waals surface area (Å²) in [6, 6.07) is 18.0. The standard InChI is InChI=1S/C28H26N2O5/c1-16-6-10-23-20(12-16)21(15-25(29-23)22-14-19(33-3)9-11-26(22)34-4)27(31)30-24-13-18(28(32)35-5)8-7-17(24)2/h6-15H,1-5H3,(H,30,31). The van der Waals surface area contributed by atoms with Crippen LogP contribution in [0.5, 0.6) is 11.5 Å². The lowest BCUT2D eigenvalue weighted by atomic mass is 10.0. The van der Waals surface area contributed by atoms with Gasteiger partial charge in [0, 0.05) is 16.6 Å². The second kappa shape index (κ2) is 9.85. The van der Waals surface area contributed by atoms with Crippen molar-refractivity contribution in [3.8, 4) is 22.8 Å². The smallest absolute Gasteiger partial charge is 0.337 e. The third-order valence-electron chi connectivity index (χ3n) is 5.80. The average molecular weight is 471 g/mol. The number of hydrogen-bond acceptors (Lipinski definition) is 6. The van der Waals surface area contributed by atoms with Crippen LogP contribution in [0.25, 0.3) is 22.2 Å². The Bertz CT molecular complexity index is 1450. The molecule has 0 saturated heterocycles. The lowest BCUT2D eigenvalue weighted by molar-refractivity contribution is 0.0600. The van der Waals surface area contributed by atoms with E-state index >= 15 is 0 Å². The topological polar surface area (TPSA) is 86.8 Å². The summed E-state index contributed by atoms with van der Waals surface area (Å²) in [7, 11) is 4.49. The Balaban J connectivity index is 1.86. The number of methoxy groups -OCH3 is 3. The van der Waals surface area contributed by atoms with Crippen LogP contribution in [0, 0.1) is 13.8 Å². The molecule has 0 aliphatic carbocycles. The number of carbonyl (C=O) groups excluding carboxylic acids is 2. The van der Waals surface area contributed by atoms with Crippen LogP contribution >= 0.6 is 0 Å². The number of fused-ring (bicyclic) bond motifs is 1. The molecule has 0 bridgehead atoms. The first-order valence-corrected chi connectivity index (χ1v) is 11.0. The second-order valence-corrected chi connectivity index (χ2v) is 8.12. The predicted octanol–water partition coefficient (Wildman–Crippen LogP) is 5.57. The molecule has 178 valence electrons. The third kappa shape index (κ3) is 4.80. The number of rotatable bonds is 6. The van der Waals surface area contributed by atoms with Gasteiger partial charge in [-0.2, -0.15) is 0 Å². The molecule has 0 atom stereocenters.